The summed E-state index contributed by atoms with van der Waals surface area (Å²) in [5.74, 6) is -0.263. The molecule has 1 atom stereocenters. The minimum Gasteiger partial charge on any atom is -0.507 e. The van der Waals surface area contributed by atoms with Crippen molar-refractivity contribution in [2.75, 3.05) is 12.0 Å². The van der Waals surface area contributed by atoms with Crippen LogP contribution in [0.3, 0.4) is 0 Å². The zero-order valence-electron chi connectivity index (χ0n) is 25.5. The molecule has 0 spiro atoms. The van der Waals surface area contributed by atoms with Crippen molar-refractivity contribution in [3.63, 3.8) is 0 Å². The number of rotatable bonds is 10. The van der Waals surface area contributed by atoms with E-state index in [1.165, 1.54) is 35.1 Å². The van der Waals surface area contributed by atoms with Crippen molar-refractivity contribution >= 4 is 45.7 Å². The van der Waals surface area contributed by atoms with E-state index in [4.69, 9.17) is 9.47 Å². The predicted molar refractivity (Wildman–Crippen MR) is 180 cm³/mol. The van der Waals surface area contributed by atoms with Crippen LogP contribution in [-0.2, 0) is 21.9 Å². The number of aromatic nitrogens is 2. The monoisotopic (exact) mass is 649 g/mol. The number of carbonyl (C=O) groups is 2. The minimum atomic E-state index is -0.989. The molecule has 2 heterocycles. The molecule has 46 heavy (non-hydrogen) atoms. The summed E-state index contributed by atoms with van der Waals surface area (Å²) in [5, 5.41) is 20.6. The van der Waals surface area contributed by atoms with Gasteiger partial charge in [-0.2, -0.15) is 0 Å². The van der Waals surface area contributed by atoms with E-state index in [-0.39, 0.29) is 16.5 Å². The first kappa shape index (κ1) is 31.1. The topological polar surface area (TPSA) is 102 Å². The Morgan fingerprint density at radius 1 is 0.891 bits per heavy atom. The van der Waals surface area contributed by atoms with Crippen LogP contribution in [0.4, 0.5) is 5.13 Å². The minimum absolute atomic E-state index is 0.0348. The van der Waals surface area contributed by atoms with E-state index in [0.717, 1.165) is 22.3 Å². The molecule has 1 N–H and O–H groups in total. The highest BCUT2D eigenvalue weighted by Crippen LogP contribution is 2.46. The average Bonchev–Trinajstić information content (AvgIpc) is 3.66. The summed E-state index contributed by atoms with van der Waals surface area (Å²) >= 11 is 2.72. The van der Waals surface area contributed by atoms with Gasteiger partial charge in [0.25, 0.3) is 5.78 Å². The quantitative estimate of drug-likeness (QED) is 0.0541. The van der Waals surface area contributed by atoms with Gasteiger partial charge in [0.15, 0.2) is 15.8 Å². The van der Waals surface area contributed by atoms with Gasteiger partial charge in [-0.3, -0.25) is 14.5 Å². The number of ether oxygens (including phenoxy) is 2. The Morgan fingerprint density at radius 3 is 2.33 bits per heavy atom. The third-order valence-corrected chi connectivity index (χ3v) is 9.77. The molecule has 0 radical (unpaired) electrons. The first-order chi connectivity index (χ1) is 22.3. The highest BCUT2D eigenvalue weighted by molar-refractivity contribution is 8.00. The molecule has 0 aliphatic carbocycles. The van der Waals surface area contributed by atoms with Crippen LogP contribution in [0.1, 0.15) is 39.4 Å². The fourth-order valence-electron chi connectivity index (χ4n) is 5.27. The second-order valence-corrected chi connectivity index (χ2v) is 13.0. The number of hydrogen-bond donors (Lipinski definition) is 1. The van der Waals surface area contributed by atoms with E-state index < -0.39 is 17.7 Å². The third kappa shape index (κ3) is 6.40. The predicted octanol–water partition coefficient (Wildman–Crippen LogP) is 7.66. The normalized spacial score (nSPS) is 15.7. The molecule has 1 aliphatic heterocycles. The number of aryl methyl sites for hydroxylation is 2. The van der Waals surface area contributed by atoms with Gasteiger partial charge in [0.1, 0.15) is 12.4 Å². The van der Waals surface area contributed by atoms with Gasteiger partial charge < -0.3 is 14.6 Å². The lowest BCUT2D eigenvalue weighted by atomic mass is 9.93. The number of Topliss-reactive ketones (excluding diaryl/α,β-unsaturated/α-hetero) is 1. The lowest BCUT2D eigenvalue weighted by molar-refractivity contribution is -0.132. The summed E-state index contributed by atoms with van der Waals surface area (Å²) in [6.07, 6.45) is 0. The molecule has 1 fully saturated rings. The highest BCUT2D eigenvalue weighted by atomic mass is 32.2. The maximum atomic E-state index is 13.8. The fourth-order valence-corrected chi connectivity index (χ4v) is 7.09. The molecule has 4 aromatic carbocycles. The molecule has 232 valence electrons. The molecule has 0 bridgehead atoms. The van der Waals surface area contributed by atoms with Crippen LogP contribution in [0.2, 0.25) is 0 Å². The number of anilines is 1. The number of amides is 1. The Labute approximate surface area is 275 Å². The lowest BCUT2D eigenvalue weighted by Crippen LogP contribution is -2.29. The Morgan fingerprint density at radius 2 is 1.61 bits per heavy atom. The zero-order chi connectivity index (χ0) is 32.2. The van der Waals surface area contributed by atoms with Crippen LogP contribution < -0.4 is 14.4 Å². The molecular formula is C36H31N3O5S2. The molecule has 1 aromatic heterocycles. The average molecular weight is 650 g/mol. The number of methoxy groups -OCH3 is 1. The summed E-state index contributed by atoms with van der Waals surface area (Å²) in [7, 11) is 1.53. The summed E-state index contributed by atoms with van der Waals surface area (Å²) < 4.78 is 12.4. The van der Waals surface area contributed by atoms with Crippen molar-refractivity contribution in [1.82, 2.24) is 10.2 Å². The Hall–Kier alpha value is -4.93. The van der Waals surface area contributed by atoms with Crippen molar-refractivity contribution in [3.05, 3.63) is 136 Å². The maximum absolute atomic E-state index is 13.8. The van der Waals surface area contributed by atoms with E-state index in [2.05, 4.69) is 10.2 Å². The van der Waals surface area contributed by atoms with Crippen LogP contribution in [0.25, 0.3) is 5.76 Å². The molecule has 6 rings (SSSR count). The molecule has 10 heteroatoms. The largest absolute Gasteiger partial charge is 0.507 e. The van der Waals surface area contributed by atoms with Gasteiger partial charge >= 0.3 is 5.91 Å². The van der Waals surface area contributed by atoms with E-state index in [1.54, 1.807) is 24.3 Å². The number of hydrogen-bond acceptors (Lipinski definition) is 9. The van der Waals surface area contributed by atoms with E-state index in [1.807, 2.05) is 86.6 Å². The van der Waals surface area contributed by atoms with Gasteiger partial charge in [0.05, 0.1) is 18.7 Å². The maximum Gasteiger partial charge on any atom is 0.301 e. The van der Waals surface area contributed by atoms with Crippen LogP contribution in [0.15, 0.2) is 107 Å². The molecule has 0 saturated carbocycles. The summed E-state index contributed by atoms with van der Waals surface area (Å²) in [4.78, 5) is 28.9. The van der Waals surface area contributed by atoms with Crippen LogP contribution in [-0.4, -0.2) is 34.1 Å². The van der Waals surface area contributed by atoms with Crippen LogP contribution >= 0.6 is 23.1 Å². The number of carbonyl (C=O) groups excluding carboxylic acids is 2. The first-order valence-electron chi connectivity index (χ1n) is 14.6. The molecular weight excluding hydrogens is 619 g/mol. The number of ketones is 1. The summed E-state index contributed by atoms with van der Waals surface area (Å²) in [6.45, 7) is 4.08. The van der Waals surface area contributed by atoms with Gasteiger partial charge in [-0.1, -0.05) is 108 Å². The van der Waals surface area contributed by atoms with Crippen molar-refractivity contribution in [2.45, 2.75) is 36.6 Å². The Balaban J connectivity index is 1.41. The lowest BCUT2D eigenvalue weighted by Gasteiger charge is -2.23. The molecule has 1 saturated heterocycles. The highest BCUT2D eigenvalue weighted by Gasteiger charge is 2.48. The van der Waals surface area contributed by atoms with Gasteiger partial charge in [-0.15, -0.1) is 10.2 Å². The molecule has 1 unspecified atom stereocenters. The second-order valence-electron chi connectivity index (χ2n) is 10.8. The Bertz CT molecular complexity index is 1920. The summed E-state index contributed by atoms with van der Waals surface area (Å²) in [5.41, 5.74) is 4.78. The number of benzene rings is 4. The number of nitrogens with zero attached hydrogens (tertiary/aromatic N) is 3. The van der Waals surface area contributed by atoms with Gasteiger partial charge in [0, 0.05) is 11.3 Å². The third-order valence-electron chi connectivity index (χ3n) is 7.64. The summed E-state index contributed by atoms with van der Waals surface area (Å²) in [6, 6.07) is 29.6. The van der Waals surface area contributed by atoms with Crippen molar-refractivity contribution in [1.29, 1.82) is 0 Å². The SMILES string of the molecule is COc1cc(C2/C(=C(\O)c3cc(C)ccc3C)C(=O)C(=O)N2c2nnc(SCc3ccccc3)s2)ccc1OCc1ccccc1. The molecule has 1 amide bonds. The van der Waals surface area contributed by atoms with Crippen molar-refractivity contribution < 1.29 is 24.2 Å². The number of thioether (sulfide) groups is 1. The van der Waals surface area contributed by atoms with Crippen molar-refractivity contribution in [3.8, 4) is 11.5 Å². The van der Waals surface area contributed by atoms with Crippen molar-refractivity contribution in [2.24, 2.45) is 0 Å². The van der Waals surface area contributed by atoms with Crippen LogP contribution in [0, 0.1) is 13.8 Å². The van der Waals surface area contributed by atoms with E-state index in [9.17, 15) is 14.7 Å². The second kappa shape index (κ2) is 13.6. The Kier molecular flexibility index (Phi) is 9.18. The molecule has 8 nitrogen and oxygen atoms in total. The number of aliphatic hydroxyl groups excluding tert-OH is 1. The van der Waals surface area contributed by atoms with Gasteiger partial charge in [-0.25, -0.2) is 0 Å². The standard InChI is InChI=1S/C36H31N3O5S2/c1-22-14-15-23(2)27(18-22)32(40)30-31(26-16-17-28(29(19-26)43-3)44-20-24-10-6-4-7-11-24)39(34(42)33(30)41)35-37-38-36(46-35)45-21-25-12-8-5-9-13-25/h4-19,31,40H,20-21H2,1-3H3/b32-30+. The van der Waals surface area contributed by atoms with E-state index in [0.29, 0.717) is 39.3 Å². The number of aliphatic hydroxyl groups is 1. The zero-order valence-corrected chi connectivity index (χ0v) is 27.1. The van der Waals surface area contributed by atoms with Crippen LogP contribution in [0.5, 0.6) is 11.5 Å². The fraction of sp³-hybridized carbons (Fsp3) is 0.167. The van der Waals surface area contributed by atoms with E-state index >= 15 is 0 Å². The first-order valence-corrected chi connectivity index (χ1v) is 16.4. The smallest absolute Gasteiger partial charge is 0.301 e. The van der Waals surface area contributed by atoms with Gasteiger partial charge in [0.2, 0.25) is 5.13 Å². The molecule has 1 aliphatic rings. The van der Waals surface area contributed by atoms with Gasteiger partial charge in [-0.05, 0) is 54.3 Å². The molecule has 5 aromatic rings.